The molecule has 0 radical (unpaired) electrons. The molecule has 0 saturated carbocycles. The number of hydrogen-bond donors (Lipinski definition) is 2. The molecule has 0 atom stereocenters. The van der Waals surface area contributed by atoms with Crippen LogP contribution in [0.1, 0.15) is 21.6 Å². The lowest BCUT2D eigenvalue weighted by atomic mass is 10.1. The van der Waals surface area contributed by atoms with E-state index in [1.807, 2.05) is 4.90 Å². The number of anilines is 2. The normalized spacial score (nSPS) is 13.5. The number of aryl methyl sites for hydroxylation is 1. The van der Waals surface area contributed by atoms with E-state index in [9.17, 15) is 18.0 Å². The predicted molar refractivity (Wildman–Crippen MR) is 155 cm³/mol. The van der Waals surface area contributed by atoms with Gasteiger partial charge in [0.05, 0.1) is 36.4 Å². The average Bonchev–Trinajstić information content (AvgIpc) is 3.59. The zero-order chi connectivity index (χ0) is 31.0. The average molecular weight is 610 g/mol. The lowest BCUT2D eigenvalue weighted by Crippen LogP contribution is -2.36. The highest BCUT2D eigenvalue weighted by molar-refractivity contribution is 6.12. The van der Waals surface area contributed by atoms with E-state index in [2.05, 4.69) is 10.1 Å². The number of carbonyl (C=O) groups is 1. The van der Waals surface area contributed by atoms with E-state index in [0.717, 1.165) is 10.7 Å². The molecule has 44 heavy (non-hydrogen) atoms. The number of halogens is 4. The van der Waals surface area contributed by atoms with E-state index in [-0.39, 0.29) is 40.0 Å². The summed E-state index contributed by atoms with van der Waals surface area (Å²) in [5.74, 6) is -1.68. The minimum Gasteiger partial charge on any atom is -0.485 e. The Balaban J connectivity index is 1.30. The maximum atomic E-state index is 15.3. The fourth-order valence-corrected chi connectivity index (χ4v) is 5.13. The number of nitrogen functional groups attached to an aromatic ring is 1. The monoisotopic (exact) mass is 609 g/mol. The second-order valence-corrected chi connectivity index (χ2v) is 10.2. The minimum atomic E-state index is -2.66. The summed E-state index contributed by atoms with van der Waals surface area (Å²) >= 11 is 0. The summed E-state index contributed by atoms with van der Waals surface area (Å²) in [5.41, 5.74) is 8.04. The Hall–Kier alpha value is -5.04. The summed E-state index contributed by atoms with van der Waals surface area (Å²) in [6.07, 6.45) is -1.42. The maximum absolute atomic E-state index is 15.3. The van der Waals surface area contributed by atoms with Gasteiger partial charge in [0.15, 0.2) is 17.4 Å². The summed E-state index contributed by atoms with van der Waals surface area (Å²) in [5, 5.41) is 4.74. The van der Waals surface area contributed by atoms with Crippen molar-refractivity contribution in [1.29, 1.82) is 0 Å². The second kappa shape index (κ2) is 11.9. The van der Waals surface area contributed by atoms with Crippen LogP contribution >= 0.6 is 0 Å². The molecule has 9 nitrogen and oxygen atoms in total. The van der Waals surface area contributed by atoms with E-state index in [1.165, 1.54) is 30.5 Å². The Labute approximate surface area is 248 Å². The molecule has 0 amide bonds. The first-order valence-electron chi connectivity index (χ1n) is 13.7. The zero-order valence-electron chi connectivity index (χ0n) is 23.5. The number of alkyl halides is 2. The lowest BCUT2D eigenvalue weighted by molar-refractivity contribution is 0.0817. The van der Waals surface area contributed by atoms with Crippen molar-refractivity contribution in [3.8, 4) is 22.9 Å². The molecular formula is C31H27F4N5O4. The Bertz CT molecular complexity index is 1830. The van der Waals surface area contributed by atoms with Crippen molar-refractivity contribution in [2.45, 2.75) is 13.3 Å². The largest absolute Gasteiger partial charge is 0.485 e. The Morgan fingerprint density at radius 2 is 1.84 bits per heavy atom. The van der Waals surface area contributed by atoms with Crippen molar-refractivity contribution >= 4 is 28.2 Å². The zero-order valence-corrected chi connectivity index (χ0v) is 23.5. The van der Waals surface area contributed by atoms with Gasteiger partial charge in [-0.3, -0.25) is 4.79 Å². The van der Waals surface area contributed by atoms with Gasteiger partial charge in [-0.2, -0.15) is 5.10 Å². The minimum absolute atomic E-state index is 0.00458. The van der Waals surface area contributed by atoms with Crippen molar-refractivity contribution in [2.75, 3.05) is 43.5 Å². The van der Waals surface area contributed by atoms with Crippen LogP contribution in [-0.4, -0.2) is 59.9 Å². The van der Waals surface area contributed by atoms with Crippen LogP contribution in [0.25, 0.3) is 16.6 Å². The van der Waals surface area contributed by atoms with Crippen LogP contribution in [0.3, 0.4) is 0 Å². The first kappa shape index (κ1) is 29.1. The second-order valence-electron chi connectivity index (χ2n) is 10.2. The number of aromatic amines is 1. The van der Waals surface area contributed by atoms with Crippen LogP contribution < -0.4 is 20.1 Å². The summed E-state index contributed by atoms with van der Waals surface area (Å²) < 4.78 is 72.8. The molecule has 1 saturated heterocycles. The lowest BCUT2D eigenvalue weighted by Gasteiger charge is -2.30. The Kier molecular flexibility index (Phi) is 7.87. The molecular weight excluding hydrogens is 582 g/mol. The molecule has 1 aliphatic rings. The number of aromatic nitrogens is 3. The van der Waals surface area contributed by atoms with Gasteiger partial charge < -0.3 is 29.8 Å². The molecule has 1 fully saturated rings. The first-order valence-corrected chi connectivity index (χ1v) is 13.7. The standard InChI is InChI=1S/C31H27F4N5O4/c1-17-10-19(44-26-5-3-2-4-21(26)32)13-22(33)29(17)40-31(36)20(15-37-40)30(41)24-11-18-12-27(43-16-28(34)35)25(14-23(18)38-24)39-6-8-42-9-7-39/h2-5,10-15,28,38H,6-9,16,36H2,1H3. The van der Waals surface area contributed by atoms with Crippen LogP contribution in [0.5, 0.6) is 17.2 Å². The van der Waals surface area contributed by atoms with Crippen molar-refractivity contribution in [2.24, 2.45) is 0 Å². The molecule has 3 aromatic carbocycles. The number of hydrogen-bond acceptors (Lipinski definition) is 7. The van der Waals surface area contributed by atoms with Gasteiger partial charge in [0, 0.05) is 30.1 Å². The SMILES string of the molecule is Cc1cc(Oc2ccccc2F)cc(F)c1-n1ncc(C(=O)c2cc3cc(OCC(F)F)c(N4CCOCC4)cc3[nH]2)c1N. The van der Waals surface area contributed by atoms with E-state index in [4.69, 9.17) is 19.9 Å². The molecule has 5 aromatic rings. The quantitative estimate of drug-likeness (QED) is 0.155. The Morgan fingerprint density at radius 3 is 2.57 bits per heavy atom. The number of benzene rings is 3. The third-order valence-corrected chi connectivity index (χ3v) is 7.22. The van der Waals surface area contributed by atoms with Gasteiger partial charge in [-0.05, 0) is 48.9 Å². The molecule has 228 valence electrons. The number of nitrogens with two attached hydrogens (primary N) is 1. The molecule has 1 aliphatic heterocycles. The van der Waals surface area contributed by atoms with Crippen LogP contribution in [0.2, 0.25) is 0 Å². The van der Waals surface area contributed by atoms with Crippen molar-refractivity contribution in [3.63, 3.8) is 0 Å². The third kappa shape index (κ3) is 5.65. The molecule has 0 bridgehead atoms. The number of nitrogens with zero attached hydrogens (tertiary/aromatic N) is 3. The fraction of sp³-hybridized carbons (Fsp3) is 0.226. The summed E-state index contributed by atoms with van der Waals surface area (Å²) in [6, 6.07) is 13.2. The van der Waals surface area contributed by atoms with E-state index in [1.54, 1.807) is 31.2 Å². The number of para-hydroxylation sites is 1. The topological polar surface area (TPSA) is 108 Å². The van der Waals surface area contributed by atoms with Crippen molar-refractivity contribution < 1.29 is 36.6 Å². The Morgan fingerprint density at radius 1 is 1.07 bits per heavy atom. The highest BCUT2D eigenvalue weighted by Crippen LogP contribution is 2.36. The number of morpholine rings is 1. The van der Waals surface area contributed by atoms with Crippen LogP contribution in [0.15, 0.2) is 60.8 Å². The fourth-order valence-electron chi connectivity index (χ4n) is 5.13. The molecule has 2 aromatic heterocycles. The van der Waals surface area contributed by atoms with Gasteiger partial charge in [-0.15, -0.1) is 0 Å². The molecule has 6 rings (SSSR count). The third-order valence-electron chi connectivity index (χ3n) is 7.22. The first-order chi connectivity index (χ1) is 21.2. The maximum Gasteiger partial charge on any atom is 0.272 e. The van der Waals surface area contributed by atoms with Gasteiger partial charge >= 0.3 is 0 Å². The van der Waals surface area contributed by atoms with Gasteiger partial charge in [0.2, 0.25) is 5.78 Å². The predicted octanol–water partition coefficient (Wildman–Crippen LogP) is 6.03. The van der Waals surface area contributed by atoms with Crippen molar-refractivity contribution in [3.05, 3.63) is 89.2 Å². The highest BCUT2D eigenvalue weighted by atomic mass is 19.3. The van der Waals surface area contributed by atoms with Gasteiger partial charge in [-0.1, -0.05) is 12.1 Å². The molecule has 0 spiro atoms. The number of nitrogens with one attached hydrogen (secondary N) is 1. The summed E-state index contributed by atoms with van der Waals surface area (Å²) in [7, 11) is 0. The number of ether oxygens (including phenoxy) is 3. The number of H-pyrrole nitrogens is 1. The number of fused-ring (bicyclic) bond motifs is 1. The van der Waals surface area contributed by atoms with Gasteiger partial charge in [-0.25, -0.2) is 22.2 Å². The smallest absolute Gasteiger partial charge is 0.272 e. The number of carbonyl (C=O) groups excluding carboxylic acids is 1. The van der Waals surface area contributed by atoms with E-state index < -0.39 is 30.5 Å². The summed E-state index contributed by atoms with van der Waals surface area (Å²) in [4.78, 5) is 18.6. The molecule has 0 unspecified atom stereocenters. The van der Waals surface area contributed by atoms with Crippen LogP contribution in [0.4, 0.5) is 29.1 Å². The molecule has 0 aliphatic carbocycles. The highest BCUT2D eigenvalue weighted by Gasteiger charge is 2.24. The van der Waals surface area contributed by atoms with Crippen LogP contribution in [0, 0.1) is 18.6 Å². The summed E-state index contributed by atoms with van der Waals surface area (Å²) in [6.45, 7) is 2.88. The van der Waals surface area contributed by atoms with Gasteiger partial charge in [0.1, 0.15) is 29.6 Å². The molecule has 3 heterocycles. The number of rotatable bonds is 9. The number of ketones is 1. The van der Waals surface area contributed by atoms with Crippen LogP contribution in [-0.2, 0) is 4.74 Å². The van der Waals surface area contributed by atoms with Gasteiger partial charge in [0.25, 0.3) is 6.43 Å². The van der Waals surface area contributed by atoms with Crippen molar-refractivity contribution in [1.82, 2.24) is 14.8 Å². The molecule has 3 N–H and O–H groups in total. The molecule has 13 heteroatoms. The van der Waals surface area contributed by atoms with E-state index >= 15 is 4.39 Å². The van der Waals surface area contributed by atoms with E-state index in [0.29, 0.717) is 48.5 Å².